The molecule has 2 aliphatic rings. The fourth-order valence-corrected chi connectivity index (χ4v) is 4.35. The fourth-order valence-electron chi connectivity index (χ4n) is 4.35. The predicted molar refractivity (Wildman–Crippen MR) is 123 cm³/mol. The van der Waals surface area contributed by atoms with Gasteiger partial charge in [0.15, 0.2) is 17.3 Å². The molecular weight excluding hydrogens is 427 g/mol. The Bertz CT molecular complexity index is 1270. The molecular formula is C24H25FN4O4. The van der Waals surface area contributed by atoms with E-state index in [9.17, 15) is 9.59 Å². The average molecular weight is 452 g/mol. The predicted octanol–water partition coefficient (Wildman–Crippen LogP) is 2.57. The van der Waals surface area contributed by atoms with Crippen molar-refractivity contribution < 1.29 is 18.8 Å². The number of carbonyl (C=O) groups is 1. The lowest BCUT2D eigenvalue weighted by atomic mass is 10.0. The van der Waals surface area contributed by atoms with Crippen LogP contribution in [0.25, 0.3) is 10.9 Å². The summed E-state index contributed by atoms with van der Waals surface area (Å²) in [6.07, 6.45) is 1.51. The number of likely N-dealkylation sites (N-methyl/N-ethyl adjacent to an activating group) is 1. The van der Waals surface area contributed by atoms with E-state index in [0.29, 0.717) is 42.4 Å². The van der Waals surface area contributed by atoms with Gasteiger partial charge in [-0.25, -0.2) is 4.39 Å². The van der Waals surface area contributed by atoms with Gasteiger partial charge >= 0.3 is 0 Å². The minimum atomic E-state index is -0.696. The Morgan fingerprint density at radius 2 is 1.91 bits per heavy atom. The van der Waals surface area contributed by atoms with Crippen molar-refractivity contribution in [2.75, 3.05) is 44.7 Å². The van der Waals surface area contributed by atoms with E-state index >= 15 is 4.39 Å². The molecule has 1 atom stereocenters. The lowest BCUT2D eigenvalue weighted by Gasteiger charge is -2.37. The van der Waals surface area contributed by atoms with E-state index in [1.54, 1.807) is 24.3 Å². The van der Waals surface area contributed by atoms with Crippen LogP contribution in [0.1, 0.15) is 23.3 Å². The number of amides is 1. The third-order valence-electron chi connectivity index (χ3n) is 6.21. The molecule has 2 aliphatic heterocycles. The number of ether oxygens (including phenoxy) is 1. The van der Waals surface area contributed by atoms with Gasteiger partial charge in [-0.1, -0.05) is 18.2 Å². The number of nitrogens with one attached hydrogen (secondary N) is 1. The number of hydrogen-bond acceptors (Lipinski definition) is 6. The largest absolute Gasteiger partial charge is 0.487 e. The number of piperazine rings is 1. The molecule has 5 rings (SSSR count). The fraction of sp³-hybridized carbons (Fsp3) is 0.333. The number of aromatic nitrogens is 1. The highest BCUT2D eigenvalue weighted by atomic mass is 19.1. The molecule has 1 aromatic heterocycles. The Morgan fingerprint density at radius 1 is 1.18 bits per heavy atom. The summed E-state index contributed by atoms with van der Waals surface area (Å²) >= 11 is 0. The van der Waals surface area contributed by atoms with Crippen LogP contribution in [-0.2, 0) is 0 Å². The molecule has 1 unspecified atom stereocenters. The van der Waals surface area contributed by atoms with Gasteiger partial charge in [0, 0.05) is 32.4 Å². The van der Waals surface area contributed by atoms with E-state index in [-0.39, 0.29) is 17.0 Å². The van der Waals surface area contributed by atoms with Crippen molar-refractivity contribution in [1.29, 1.82) is 0 Å². The molecule has 1 N–H and O–H groups in total. The number of pyridine rings is 1. The van der Waals surface area contributed by atoms with Crippen LogP contribution in [0, 0.1) is 5.82 Å². The quantitative estimate of drug-likeness (QED) is 0.614. The van der Waals surface area contributed by atoms with Gasteiger partial charge < -0.3 is 23.9 Å². The van der Waals surface area contributed by atoms with Crippen molar-refractivity contribution in [3.8, 4) is 11.5 Å². The highest BCUT2D eigenvalue weighted by Gasteiger charge is 2.31. The molecule has 3 heterocycles. The third-order valence-corrected chi connectivity index (χ3v) is 6.21. The van der Waals surface area contributed by atoms with E-state index in [1.807, 2.05) is 29.5 Å². The molecule has 1 saturated heterocycles. The molecule has 8 nitrogen and oxygen atoms in total. The smallest absolute Gasteiger partial charge is 0.289 e. The number of benzene rings is 2. The summed E-state index contributed by atoms with van der Waals surface area (Å²) in [7, 11) is 2.03. The number of hydrogen-bond donors (Lipinski definition) is 1. The summed E-state index contributed by atoms with van der Waals surface area (Å²) in [4.78, 5) is 35.5. The number of anilines is 1. The van der Waals surface area contributed by atoms with Crippen molar-refractivity contribution in [3.63, 3.8) is 0 Å². The van der Waals surface area contributed by atoms with Gasteiger partial charge in [-0.2, -0.15) is 5.48 Å². The molecule has 0 aliphatic carbocycles. The van der Waals surface area contributed by atoms with Gasteiger partial charge in [-0.15, -0.1) is 0 Å². The van der Waals surface area contributed by atoms with Crippen LogP contribution in [0.4, 0.5) is 10.1 Å². The first-order valence-electron chi connectivity index (χ1n) is 10.9. The summed E-state index contributed by atoms with van der Waals surface area (Å²) < 4.78 is 23.2. The van der Waals surface area contributed by atoms with Gasteiger partial charge in [0.1, 0.15) is 17.9 Å². The van der Waals surface area contributed by atoms with Gasteiger partial charge in [0.05, 0.1) is 16.9 Å². The maximum Gasteiger partial charge on any atom is 0.289 e. The highest BCUT2D eigenvalue weighted by molar-refractivity contribution is 5.99. The van der Waals surface area contributed by atoms with Gasteiger partial charge in [-0.05, 0) is 32.2 Å². The maximum absolute atomic E-state index is 15.4. The van der Waals surface area contributed by atoms with E-state index in [2.05, 4.69) is 10.4 Å². The number of nitrogens with zero attached hydrogens (tertiary/aromatic N) is 3. The minimum absolute atomic E-state index is 0.110. The van der Waals surface area contributed by atoms with Crippen LogP contribution < -0.4 is 25.4 Å². The first kappa shape index (κ1) is 21.3. The molecule has 0 saturated carbocycles. The van der Waals surface area contributed by atoms with Crippen LogP contribution in [-0.4, -0.2) is 55.2 Å². The number of rotatable bonds is 4. The second-order valence-corrected chi connectivity index (χ2v) is 8.51. The standard InChI is InChI=1S/C24H25FN4O4/c1-15-14-32-23-20-17(12-19(25)21(23)28-10-8-27(2)9-11-28)22(30)18(13-29(15)20)24(31)26-33-16-6-4-3-5-7-16/h3-7,12-13,15H,8-11,14H2,1-2H3,(H,26,31). The van der Waals surface area contributed by atoms with Gasteiger partial charge in [0.25, 0.3) is 5.91 Å². The Balaban J connectivity index is 1.58. The van der Waals surface area contributed by atoms with E-state index in [1.165, 1.54) is 12.3 Å². The molecule has 1 amide bonds. The number of carbonyl (C=O) groups excluding carboxylic acids is 1. The second-order valence-electron chi connectivity index (χ2n) is 8.51. The Kier molecular flexibility index (Phi) is 5.41. The summed E-state index contributed by atoms with van der Waals surface area (Å²) in [5, 5.41) is 0.110. The summed E-state index contributed by atoms with van der Waals surface area (Å²) in [6.45, 7) is 5.16. The third kappa shape index (κ3) is 3.78. The Hall–Kier alpha value is -3.59. The summed E-state index contributed by atoms with van der Waals surface area (Å²) in [5.41, 5.74) is 2.50. The number of hydroxylamine groups is 1. The molecule has 0 bridgehead atoms. The molecule has 172 valence electrons. The topological polar surface area (TPSA) is 76.0 Å². The zero-order valence-corrected chi connectivity index (χ0v) is 18.5. The molecule has 9 heteroatoms. The van der Waals surface area contributed by atoms with Crippen LogP contribution in [0.3, 0.4) is 0 Å². The molecule has 1 fully saturated rings. The lowest BCUT2D eigenvalue weighted by Crippen LogP contribution is -2.45. The van der Waals surface area contributed by atoms with Crippen LogP contribution in [0.15, 0.2) is 47.4 Å². The number of para-hydroxylation sites is 1. The average Bonchev–Trinajstić information content (AvgIpc) is 2.82. The van der Waals surface area contributed by atoms with Crippen molar-refractivity contribution in [2.45, 2.75) is 13.0 Å². The normalized spacial score (nSPS) is 18.2. The zero-order valence-electron chi connectivity index (χ0n) is 18.5. The Labute approximate surface area is 190 Å². The first-order chi connectivity index (χ1) is 15.9. The molecule has 33 heavy (non-hydrogen) atoms. The second kappa shape index (κ2) is 8.40. The van der Waals surface area contributed by atoms with Crippen molar-refractivity contribution in [1.82, 2.24) is 14.9 Å². The van der Waals surface area contributed by atoms with Crippen molar-refractivity contribution in [2.24, 2.45) is 0 Å². The summed E-state index contributed by atoms with van der Waals surface area (Å²) in [6, 6.07) is 9.79. The van der Waals surface area contributed by atoms with Crippen LogP contribution >= 0.6 is 0 Å². The summed E-state index contributed by atoms with van der Waals surface area (Å²) in [5.74, 6) is -0.436. The minimum Gasteiger partial charge on any atom is -0.487 e. The van der Waals surface area contributed by atoms with Crippen molar-refractivity contribution >= 4 is 22.5 Å². The molecule has 3 aromatic rings. The van der Waals surface area contributed by atoms with E-state index < -0.39 is 17.2 Å². The SMILES string of the molecule is CC1COc2c(N3CCN(C)CC3)c(F)cc3c(=O)c(C(=O)NOc4ccccc4)cn1c23. The molecule has 0 spiro atoms. The van der Waals surface area contributed by atoms with Crippen LogP contribution in [0.2, 0.25) is 0 Å². The number of halogens is 1. The van der Waals surface area contributed by atoms with E-state index in [0.717, 1.165) is 13.1 Å². The van der Waals surface area contributed by atoms with Crippen molar-refractivity contribution in [3.05, 3.63) is 64.2 Å². The Morgan fingerprint density at radius 3 is 2.64 bits per heavy atom. The van der Waals surface area contributed by atoms with E-state index in [4.69, 9.17) is 9.57 Å². The molecule has 0 radical (unpaired) electrons. The van der Waals surface area contributed by atoms with Crippen LogP contribution in [0.5, 0.6) is 11.5 Å². The van der Waals surface area contributed by atoms with Gasteiger partial charge in [-0.3, -0.25) is 9.59 Å². The first-order valence-corrected chi connectivity index (χ1v) is 10.9. The monoisotopic (exact) mass is 452 g/mol. The van der Waals surface area contributed by atoms with Gasteiger partial charge in [0.2, 0.25) is 5.43 Å². The lowest BCUT2D eigenvalue weighted by molar-refractivity contribution is 0.0757. The molecule has 2 aromatic carbocycles. The maximum atomic E-state index is 15.4. The zero-order chi connectivity index (χ0) is 23.1. The highest BCUT2D eigenvalue weighted by Crippen LogP contribution is 2.42.